The third-order valence-corrected chi connectivity index (χ3v) is 4.44. The highest BCUT2D eigenvalue weighted by molar-refractivity contribution is 5.95. The van der Waals surface area contributed by atoms with Gasteiger partial charge in [-0.15, -0.1) is 0 Å². The average molecular weight is 375 g/mol. The van der Waals surface area contributed by atoms with Crippen LogP contribution in [0.4, 0.5) is 0 Å². The summed E-state index contributed by atoms with van der Waals surface area (Å²) in [6.45, 7) is -0.641. The largest absolute Gasteiger partial charge is 0.459 e. The molecule has 3 rings (SSSR count). The molecular formula is C23H21NO4. The number of aliphatic hydroxyl groups excluding tert-OH is 1. The van der Waals surface area contributed by atoms with Crippen LogP contribution in [-0.4, -0.2) is 30.2 Å². The first kappa shape index (κ1) is 19.3. The molecule has 0 saturated heterocycles. The first-order chi connectivity index (χ1) is 13.6. The van der Waals surface area contributed by atoms with Crippen molar-refractivity contribution in [2.24, 2.45) is 0 Å². The zero-order chi connectivity index (χ0) is 19.8. The summed E-state index contributed by atoms with van der Waals surface area (Å²) in [5.41, 5.74) is 0.226. The number of ether oxygens (including phenoxy) is 1. The lowest BCUT2D eigenvalue weighted by Crippen LogP contribution is -2.52. The third-order valence-electron chi connectivity index (χ3n) is 4.44. The van der Waals surface area contributed by atoms with Gasteiger partial charge in [-0.3, -0.25) is 4.79 Å². The lowest BCUT2D eigenvalue weighted by atomic mass is 9.91. The van der Waals surface area contributed by atoms with Gasteiger partial charge in [0.15, 0.2) is 0 Å². The number of nitrogens with one attached hydrogen (secondary N) is 1. The number of carbonyl (C=O) groups excluding carboxylic acids is 2. The monoisotopic (exact) mass is 375 g/mol. The van der Waals surface area contributed by atoms with Crippen LogP contribution in [0.1, 0.15) is 26.3 Å². The molecule has 0 saturated carbocycles. The van der Waals surface area contributed by atoms with Crippen molar-refractivity contribution in [3.63, 3.8) is 0 Å². The molecule has 0 bridgehead atoms. The van der Waals surface area contributed by atoms with Gasteiger partial charge in [-0.25, -0.2) is 4.79 Å². The van der Waals surface area contributed by atoms with Crippen LogP contribution in [0, 0.1) is 0 Å². The Morgan fingerprint density at radius 3 is 1.82 bits per heavy atom. The second kappa shape index (κ2) is 8.97. The molecule has 2 N–H and O–H groups in total. The summed E-state index contributed by atoms with van der Waals surface area (Å²) in [6, 6.07) is 26.2. The minimum atomic E-state index is -1.27. The molecule has 3 aromatic rings. The molecule has 0 aromatic heterocycles. The van der Waals surface area contributed by atoms with Crippen molar-refractivity contribution in [2.75, 3.05) is 13.2 Å². The molecule has 3 aromatic carbocycles. The van der Waals surface area contributed by atoms with Crippen molar-refractivity contribution in [3.8, 4) is 0 Å². The number of hydrogen-bond donors (Lipinski definition) is 2. The van der Waals surface area contributed by atoms with E-state index in [0.717, 1.165) is 0 Å². The Hall–Kier alpha value is -3.44. The smallest absolute Gasteiger partial charge is 0.338 e. The lowest BCUT2D eigenvalue weighted by Gasteiger charge is -2.33. The summed E-state index contributed by atoms with van der Waals surface area (Å²) in [5.74, 6) is -0.891. The van der Waals surface area contributed by atoms with Crippen LogP contribution in [0.5, 0.6) is 0 Å². The molecule has 1 unspecified atom stereocenters. The van der Waals surface area contributed by atoms with E-state index in [0.29, 0.717) is 16.7 Å². The molecule has 0 aliphatic heterocycles. The minimum absolute atomic E-state index is 0.209. The molecule has 0 aliphatic rings. The summed E-state index contributed by atoms with van der Waals surface area (Å²) >= 11 is 0. The number of esters is 1. The first-order valence-corrected chi connectivity index (χ1v) is 8.91. The molecule has 1 atom stereocenters. The van der Waals surface area contributed by atoms with Crippen LogP contribution in [0.15, 0.2) is 91.0 Å². The van der Waals surface area contributed by atoms with E-state index in [-0.39, 0.29) is 12.5 Å². The maximum absolute atomic E-state index is 12.7. The Balaban J connectivity index is 1.86. The highest BCUT2D eigenvalue weighted by atomic mass is 16.5. The Morgan fingerprint density at radius 2 is 1.29 bits per heavy atom. The second-order valence-electron chi connectivity index (χ2n) is 6.37. The fourth-order valence-corrected chi connectivity index (χ4v) is 2.85. The number of benzene rings is 3. The summed E-state index contributed by atoms with van der Waals surface area (Å²) < 4.78 is 5.46. The summed E-state index contributed by atoms with van der Waals surface area (Å²) in [7, 11) is 0. The van der Waals surface area contributed by atoms with Crippen molar-refractivity contribution in [1.82, 2.24) is 5.32 Å². The average Bonchev–Trinajstić information content (AvgIpc) is 2.78. The van der Waals surface area contributed by atoms with Crippen molar-refractivity contribution in [3.05, 3.63) is 108 Å². The van der Waals surface area contributed by atoms with Crippen LogP contribution in [0.3, 0.4) is 0 Å². The highest BCUT2D eigenvalue weighted by Gasteiger charge is 2.35. The molecule has 5 heteroatoms. The number of carbonyl (C=O) groups is 2. The predicted molar refractivity (Wildman–Crippen MR) is 106 cm³/mol. The van der Waals surface area contributed by atoms with E-state index in [1.165, 1.54) is 0 Å². The van der Waals surface area contributed by atoms with Crippen molar-refractivity contribution < 1.29 is 19.4 Å². The fourth-order valence-electron chi connectivity index (χ4n) is 2.85. The van der Waals surface area contributed by atoms with E-state index in [1.54, 1.807) is 78.9 Å². The van der Waals surface area contributed by atoms with E-state index in [4.69, 9.17) is 4.74 Å². The number of amides is 1. The standard InChI is InChI=1S/C23H21NO4/c25-16-23(20-14-8-3-9-15-20,24-21(26)18-10-4-1-5-11-18)17-28-22(27)19-12-6-2-7-13-19/h1-15,25H,16-17H2,(H,24,26). The summed E-state index contributed by atoms with van der Waals surface area (Å²) in [4.78, 5) is 25.1. The van der Waals surface area contributed by atoms with Crippen molar-refractivity contribution in [2.45, 2.75) is 5.54 Å². The minimum Gasteiger partial charge on any atom is -0.459 e. The van der Waals surface area contributed by atoms with Gasteiger partial charge in [-0.1, -0.05) is 66.7 Å². The Morgan fingerprint density at radius 1 is 0.786 bits per heavy atom. The molecule has 0 heterocycles. The first-order valence-electron chi connectivity index (χ1n) is 8.91. The molecule has 0 fully saturated rings. The second-order valence-corrected chi connectivity index (χ2v) is 6.37. The van der Waals surface area contributed by atoms with Crippen molar-refractivity contribution in [1.29, 1.82) is 0 Å². The maximum atomic E-state index is 12.7. The maximum Gasteiger partial charge on any atom is 0.338 e. The van der Waals surface area contributed by atoms with E-state index in [2.05, 4.69) is 5.32 Å². The molecule has 142 valence electrons. The van der Waals surface area contributed by atoms with Gasteiger partial charge in [0.25, 0.3) is 5.91 Å². The van der Waals surface area contributed by atoms with E-state index < -0.39 is 18.1 Å². The SMILES string of the molecule is O=C(NC(CO)(COC(=O)c1ccccc1)c1ccccc1)c1ccccc1. The molecule has 0 aliphatic carbocycles. The lowest BCUT2D eigenvalue weighted by molar-refractivity contribution is 0.0236. The van der Waals surface area contributed by atoms with Gasteiger partial charge >= 0.3 is 5.97 Å². The summed E-state index contributed by atoms with van der Waals surface area (Å²) in [6.07, 6.45) is 0. The van der Waals surface area contributed by atoms with Gasteiger partial charge in [0.1, 0.15) is 12.1 Å². The van der Waals surface area contributed by atoms with Crippen LogP contribution >= 0.6 is 0 Å². The summed E-state index contributed by atoms with van der Waals surface area (Å²) in [5, 5.41) is 13.1. The van der Waals surface area contributed by atoms with Crippen LogP contribution in [0.2, 0.25) is 0 Å². The Kier molecular flexibility index (Phi) is 6.19. The highest BCUT2D eigenvalue weighted by Crippen LogP contribution is 2.23. The Labute approximate surface area is 163 Å². The van der Waals surface area contributed by atoms with E-state index in [1.807, 2.05) is 12.1 Å². The third kappa shape index (κ3) is 4.45. The zero-order valence-corrected chi connectivity index (χ0v) is 15.2. The molecule has 1 amide bonds. The Bertz CT molecular complexity index is 913. The quantitative estimate of drug-likeness (QED) is 0.622. The van der Waals surface area contributed by atoms with Crippen molar-refractivity contribution >= 4 is 11.9 Å². The van der Waals surface area contributed by atoms with Gasteiger partial charge in [0, 0.05) is 5.56 Å². The fraction of sp³-hybridized carbons (Fsp3) is 0.130. The van der Waals surface area contributed by atoms with Crippen LogP contribution in [0.25, 0.3) is 0 Å². The van der Waals surface area contributed by atoms with Gasteiger partial charge in [-0.05, 0) is 29.8 Å². The van der Waals surface area contributed by atoms with Gasteiger partial charge in [0.05, 0.1) is 12.2 Å². The number of hydrogen-bond acceptors (Lipinski definition) is 4. The molecule has 0 spiro atoms. The van der Waals surface area contributed by atoms with Gasteiger partial charge in [-0.2, -0.15) is 0 Å². The normalized spacial score (nSPS) is 12.6. The van der Waals surface area contributed by atoms with Crippen LogP contribution in [-0.2, 0) is 10.3 Å². The zero-order valence-electron chi connectivity index (χ0n) is 15.2. The van der Waals surface area contributed by atoms with Gasteiger partial charge < -0.3 is 15.2 Å². The van der Waals surface area contributed by atoms with Gasteiger partial charge in [0.2, 0.25) is 0 Å². The molecule has 5 nitrogen and oxygen atoms in total. The van der Waals surface area contributed by atoms with Crippen LogP contribution < -0.4 is 5.32 Å². The number of rotatable bonds is 7. The predicted octanol–water partition coefficient (Wildman–Crippen LogP) is 3.16. The van der Waals surface area contributed by atoms with E-state index in [9.17, 15) is 14.7 Å². The molecule has 0 radical (unpaired) electrons. The molecular weight excluding hydrogens is 354 g/mol. The van der Waals surface area contributed by atoms with E-state index >= 15 is 0 Å². The topological polar surface area (TPSA) is 75.6 Å². The molecule has 28 heavy (non-hydrogen) atoms. The number of aliphatic hydroxyl groups is 1.